The third-order valence-electron chi connectivity index (χ3n) is 2.87. The number of halogens is 2. The highest BCUT2D eigenvalue weighted by Crippen LogP contribution is 2.34. The van der Waals surface area contributed by atoms with Gasteiger partial charge in [-0.25, -0.2) is 9.78 Å². The molecule has 0 radical (unpaired) electrons. The quantitative estimate of drug-likeness (QED) is 0.748. The lowest BCUT2D eigenvalue weighted by molar-refractivity contribution is 0.0562. The molecule has 4 nitrogen and oxygen atoms in total. The van der Waals surface area contributed by atoms with Crippen LogP contribution in [-0.4, -0.2) is 18.1 Å². The summed E-state index contributed by atoms with van der Waals surface area (Å²) in [4.78, 5) is 16.3. The normalized spacial score (nSPS) is 11.5. The molecular formula is C15H15Cl2NO3. The highest BCUT2D eigenvalue weighted by atomic mass is 35.5. The second kappa shape index (κ2) is 5.70. The molecule has 6 heteroatoms. The molecule has 0 bridgehead atoms. The third-order valence-corrected chi connectivity index (χ3v) is 3.42. The van der Waals surface area contributed by atoms with Crippen molar-refractivity contribution < 1.29 is 13.9 Å². The lowest BCUT2D eigenvalue weighted by Crippen LogP contribution is -2.17. The van der Waals surface area contributed by atoms with E-state index in [9.17, 15) is 4.79 Å². The monoisotopic (exact) mass is 327 g/mol. The third kappa shape index (κ3) is 3.22. The van der Waals surface area contributed by atoms with E-state index in [1.54, 1.807) is 18.2 Å². The molecule has 0 aliphatic carbocycles. The molecule has 0 aliphatic rings. The summed E-state index contributed by atoms with van der Waals surface area (Å²) in [6, 6.07) is 4.97. The summed E-state index contributed by atoms with van der Waals surface area (Å²) in [7, 11) is 1.30. The fourth-order valence-electron chi connectivity index (χ4n) is 1.84. The number of ether oxygens (including phenoxy) is 1. The average molecular weight is 328 g/mol. The SMILES string of the molecule is COC(=O)c1oc(-c2ccc(Cl)cc2Cl)nc1C(C)(C)C. The molecule has 0 fully saturated rings. The van der Waals surface area contributed by atoms with Gasteiger partial charge in [0.25, 0.3) is 0 Å². The maximum Gasteiger partial charge on any atom is 0.376 e. The number of carbonyl (C=O) groups excluding carboxylic acids is 1. The molecule has 112 valence electrons. The number of methoxy groups -OCH3 is 1. The Bertz CT molecular complexity index is 687. The number of carbonyl (C=O) groups is 1. The van der Waals surface area contributed by atoms with E-state index in [-0.39, 0.29) is 17.1 Å². The van der Waals surface area contributed by atoms with Crippen molar-refractivity contribution in [3.8, 4) is 11.5 Å². The van der Waals surface area contributed by atoms with Gasteiger partial charge in [-0.2, -0.15) is 0 Å². The molecule has 0 atom stereocenters. The van der Waals surface area contributed by atoms with E-state index in [0.29, 0.717) is 21.3 Å². The number of rotatable bonds is 2. The Hall–Kier alpha value is -1.52. The molecule has 1 heterocycles. The lowest BCUT2D eigenvalue weighted by Gasteiger charge is -2.15. The van der Waals surface area contributed by atoms with Crippen LogP contribution in [0.25, 0.3) is 11.5 Å². The molecule has 21 heavy (non-hydrogen) atoms. The average Bonchev–Trinajstić information content (AvgIpc) is 2.82. The van der Waals surface area contributed by atoms with Crippen molar-refractivity contribution in [2.45, 2.75) is 26.2 Å². The highest BCUT2D eigenvalue weighted by Gasteiger charge is 2.30. The number of oxazole rings is 1. The van der Waals surface area contributed by atoms with Crippen LogP contribution in [0.5, 0.6) is 0 Å². The smallest absolute Gasteiger partial charge is 0.376 e. The molecule has 0 unspecified atom stereocenters. The van der Waals surface area contributed by atoms with Gasteiger partial charge in [0.2, 0.25) is 11.7 Å². The van der Waals surface area contributed by atoms with E-state index in [4.69, 9.17) is 32.4 Å². The van der Waals surface area contributed by atoms with Gasteiger partial charge in [0.1, 0.15) is 5.69 Å². The summed E-state index contributed by atoms with van der Waals surface area (Å²) in [5.74, 6) is -0.211. The van der Waals surface area contributed by atoms with E-state index in [2.05, 4.69) is 4.98 Å². The molecule has 0 saturated carbocycles. The van der Waals surface area contributed by atoms with Crippen molar-refractivity contribution in [3.05, 3.63) is 39.7 Å². The Kier molecular flexibility index (Phi) is 4.30. The fourth-order valence-corrected chi connectivity index (χ4v) is 2.33. The summed E-state index contributed by atoms with van der Waals surface area (Å²) >= 11 is 12.0. The number of nitrogens with zero attached hydrogens (tertiary/aromatic N) is 1. The summed E-state index contributed by atoms with van der Waals surface area (Å²) in [5, 5.41) is 0.917. The van der Waals surface area contributed by atoms with E-state index >= 15 is 0 Å². The van der Waals surface area contributed by atoms with E-state index < -0.39 is 5.97 Å². The Morgan fingerprint density at radius 1 is 1.29 bits per heavy atom. The van der Waals surface area contributed by atoms with Gasteiger partial charge in [0.05, 0.1) is 17.7 Å². The molecule has 0 spiro atoms. The minimum absolute atomic E-state index is 0.0889. The molecular weight excluding hydrogens is 313 g/mol. The first-order valence-corrected chi connectivity index (χ1v) is 7.04. The Morgan fingerprint density at radius 2 is 1.95 bits per heavy atom. The van der Waals surface area contributed by atoms with Crippen LogP contribution in [0.2, 0.25) is 10.0 Å². The molecule has 1 aromatic heterocycles. The van der Waals surface area contributed by atoms with Crippen LogP contribution < -0.4 is 0 Å². The predicted molar refractivity (Wildman–Crippen MR) is 82.0 cm³/mol. The molecule has 2 rings (SSSR count). The standard InChI is InChI=1S/C15H15Cl2NO3/c1-15(2,3)12-11(14(19)20-4)21-13(18-12)9-6-5-8(16)7-10(9)17/h5-7H,1-4H3. The van der Waals surface area contributed by atoms with Gasteiger partial charge in [-0.15, -0.1) is 0 Å². The van der Waals surface area contributed by atoms with E-state index in [1.807, 2.05) is 20.8 Å². The highest BCUT2D eigenvalue weighted by molar-refractivity contribution is 6.36. The number of esters is 1. The molecule has 0 aliphatic heterocycles. The second-order valence-electron chi connectivity index (χ2n) is 5.56. The van der Waals surface area contributed by atoms with Crippen LogP contribution in [-0.2, 0) is 10.2 Å². The van der Waals surface area contributed by atoms with Gasteiger partial charge in [0, 0.05) is 10.4 Å². The van der Waals surface area contributed by atoms with Gasteiger partial charge < -0.3 is 9.15 Å². The summed E-state index contributed by atoms with van der Waals surface area (Å²) in [5.41, 5.74) is 0.724. The van der Waals surface area contributed by atoms with E-state index in [0.717, 1.165) is 0 Å². The first-order valence-electron chi connectivity index (χ1n) is 6.29. The van der Waals surface area contributed by atoms with E-state index in [1.165, 1.54) is 7.11 Å². The van der Waals surface area contributed by atoms with Gasteiger partial charge in [-0.3, -0.25) is 0 Å². The zero-order chi connectivity index (χ0) is 15.8. The zero-order valence-corrected chi connectivity index (χ0v) is 13.7. The molecule has 0 saturated heterocycles. The molecule has 2 aromatic rings. The van der Waals surface area contributed by atoms with Gasteiger partial charge in [-0.1, -0.05) is 44.0 Å². The summed E-state index contributed by atoms with van der Waals surface area (Å²) < 4.78 is 10.3. The van der Waals surface area contributed by atoms with Crippen LogP contribution in [0.4, 0.5) is 0 Å². The lowest BCUT2D eigenvalue weighted by atomic mass is 9.91. The van der Waals surface area contributed by atoms with Crippen molar-refractivity contribution in [2.24, 2.45) is 0 Å². The van der Waals surface area contributed by atoms with Crippen molar-refractivity contribution in [1.82, 2.24) is 4.98 Å². The predicted octanol–water partition coefficient (Wildman–Crippen LogP) is 4.73. The van der Waals surface area contributed by atoms with Crippen molar-refractivity contribution in [2.75, 3.05) is 7.11 Å². The topological polar surface area (TPSA) is 52.3 Å². The Labute approximate surface area is 133 Å². The minimum atomic E-state index is -0.566. The second-order valence-corrected chi connectivity index (χ2v) is 6.41. The summed E-state index contributed by atoms with van der Waals surface area (Å²) in [6.45, 7) is 5.81. The molecule has 0 N–H and O–H groups in total. The number of benzene rings is 1. The Morgan fingerprint density at radius 3 is 2.48 bits per heavy atom. The molecule has 1 aromatic carbocycles. The molecule has 0 amide bonds. The van der Waals surface area contributed by atoms with Crippen molar-refractivity contribution in [1.29, 1.82) is 0 Å². The fraction of sp³-hybridized carbons (Fsp3) is 0.333. The summed E-state index contributed by atoms with van der Waals surface area (Å²) in [6.07, 6.45) is 0. The first kappa shape index (κ1) is 15.9. The number of hydrogen-bond acceptors (Lipinski definition) is 4. The van der Waals surface area contributed by atoms with Gasteiger partial charge >= 0.3 is 5.97 Å². The van der Waals surface area contributed by atoms with Crippen LogP contribution in [0.3, 0.4) is 0 Å². The van der Waals surface area contributed by atoms with Gasteiger partial charge in [-0.05, 0) is 18.2 Å². The number of hydrogen-bond donors (Lipinski definition) is 0. The maximum absolute atomic E-state index is 11.9. The van der Waals surface area contributed by atoms with Crippen LogP contribution in [0, 0.1) is 0 Å². The van der Waals surface area contributed by atoms with Crippen LogP contribution in [0.1, 0.15) is 37.0 Å². The first-order chi connectivity index (χ1) is 9.74. The largest absolute Gasteiger partial charge is 0.463 e. The minimum Gasteiger partial charge on any atom is -0.463 e. The zero-order valence-electron chi connectivity index (χ0n) is 12.2. The van der Waals surface area contributed by atoms with Crippen LogP contribution >= 0.6 is 23.2 Å². The van der Waals surface area contributed by atoms with Gasteiger partial charge in [0.15, 0.2) is 0 Å². The Balaban J connectivity index is 2.61. The van der Waals surface area contributed by atoms with Crippen molar-refractivity contribution in [3.63, 3.8) is 0 Å². The number of aromatic nitrogens is 1. The maximum atomic E-state index is 11.9. The van der Waals surface area contributed by atoms with Crippen LogP contribution in [0.15, 0.2) is 22.6 Å². The van der Waals surface area contributed by atoms with Crippen molar-refractivity contribution >= 4 is 29.2 Å².